The van der Waals surface area contributed by atoms with E-state index < -0.39 is 0 Å². The maximum Gasteiger partial charge on any atom is 0.245 e. The van der Waals surface area contributed by atoms with Crippen molar-refractivity contribution in [3.8, 4) is 0 Å². The third-order valence-electron chi connectivity index (χ3n) is 5.76. The van der Waals surface area contributed by atoms with Crippen LogP contribution in [0.5, 0.6) is 0 Å². The molecule has 3 rings (SSSR count). The van der Waals surface area contributed by atoms with Gasteiger partial charge in [0.2, 0.25) is 17.7 Å². The highest BCUT2D eigenvalue weighted by atomic mass is 32.1. The van der Waals surface area contributed by atoms with Gasteiger partial charge in [-0.05, 0) is 30.9 Å². The maximum absolute atomic E-state index is 13.0. The van der Waals surface area contributed by atoms with Gasteiger partial charge in [-0.3, -0.25) is 19.4 Å². The van der Waals surface area contributed by atoms with Crippen molar-refractivity contribution in [1.82, 2.24) is 20.2 Å². The molecule has 1 saturated carbocycles. The van der Waals surface area contributed by atoms with E-state index in [1.165, 1.54) is 17.8 Å². The summed E-state index contributed by atoms with van der Waals surface area (Å²) in [5.74, 6) is 0.0162. The van der Waals surface area contributed by atoms with Gasteiger partial charge in [0.05, 0.1) is 18.7 Å². The van der Waals surface area contributed by atoms with Gasteiger partial charge in [0.15, 0.2) is 5.13 Å². The van der Waals surface area contributed by atoms with Crippen molar-refractivity contribution in [3.05, 3.63) is 41.2 Å². The number of carbonyl (C=O) groups excluding carboxylic acids is 3. The number of carbonyl (C=O) groups is 3. The minimum atomic E-state index is -0.259. The fraction of sp³-hybridized carbons (Fsp3) is 0.560. The fourth-order valence-corrected chi connectivity index (χ4v) is 4.89. The molecular weight excluding hydrogens is 450 g/mol. The lowest BCUT2D eigenvalue weighted by Gasteiger charge is -2.30. The Labute approximate surface area is 205 Å². The van der Waals surface area contributed by atoms with Gasteiger partial charge in [-0.15, -0.1) is 11.3 Å². The molecule has 2 aromatic rings. The molecule has 1 aliphatic rings. The standard InChI is InChI=1S/C25H35N5O3S/c1-18(2)15-30(24(33)19-8-4-3-5-9-19)16-23(32)29-25-28-21(17-34-25)14-22(31)27-13-11-20-10-6-7-12-26-20/h6-7,10,12,17-19H,3-5,8-9,11,13-16H2,1-2H3,(H,27,31)(H,28,29,32). The highest BCUT2D eigenvalue weighted by Gasteiger charge is 2.27. The van der Waals surface area contributed by atoms with Crippen LogP contribution in [0, 0.1) is 11.8 Å². The molecule has 184 valence electrons. The Bertz CT molecular complexity index is 941. The third-order valence-corrected chi connectivity index (χ3v) is 6.56. The summed E-state index contributed by atoms with van der Waals surface area (Å²) in [6, 6.07) is 5.70. The van der Waals surface area contributed by atoms with E-state index in [1.54, 1.807) is 16.5 Å². The van der Waals surface area contributed by atoms with Gasteiger partial charge >= 0.3 is 0 Å². The molecule has 2 heterocycles. The zero-order chi connectivity index (χ0) is 24.3. The molecule has 0 saturated heterocycles. The number of anilines is 1. The average Bonchev–Trinajstić information content (AvgIpc) is 3.25. The van der Waals surface area contributed by atoms with Gasteiger partial charge in [-0.2, -0.15) is 0 Å². The van der Waals surface area contributed by atoms with Crippen LogP contribution in [-0.4, -0.2) is 52.2 Å². The van der Waals surface area contributed by atoms with E-state index >= 15 is 0 Å². The van der Waals surface area contributed by atoms with Crippen LogP contribution >= 0.6 is 11.3 Å². The number of thiazole rings is 1. The summed E-state index contributed by atoms with van der Waals surface area (Å²) in [5, 5.41) is 7.88. The van der Waals surface area contributed by atoms with Crippen LogP contribution in [0.1, 0.15) is 57.3 Å². The second-order valence-corrected chi connectivity index (χ2v) is 10.1. The summed E-state index contributed by atoms with van der Waals surface area (Å²) in [7, 11) is 0. The lowest BCUT2D eigenvalue weighted by atomic mass is 9.88. The van der Waals surface area contributed by atoms with E-state index in [-0.39, 0.29) is 42.5 Å². The number of hydrogen-bond donors (Lipinski definition) is 2. The summed E-state index contributed by atoms with van der Waals surface area (Å²) in [6.45, 7) is 5.19. The Balaban J connectivity index is 1.46. The van der Waals surface area contributed by atoms with Crippen molar-refractivity contribution < 1.29 is 14.4 Å². The zero-order valence-electron chi connectivity index (χ0n) is 20.1. The first-order valence-electron chi connectivity index (χ1n) is 12.1. The predicted molar refractivity (Wildman–Crippen MR) is 133 cm³/mol. The van der Waals surface area contributed by atoms with E-state index in [0.29, 0.717) is 30.3 Å². The Kier molecular flexibility index (Phi) is 10.00. The highest BCUT2D eigenvalue weighted by molar-refractivity contribution is 7.13. The Hall–Kier alpha value is -2.81. The Morgan fingerprint density at radius 2 is 1.91 bits per heavy atom. The van der Waals surface area contributed by atoms with Crippen LogP contribution in [0.2, 0.25) is 0 Å². The van der Waals surface area contributed by atoms with Crippen LogP contribution < -0.4 is 10.6 Å². The summed E-state index contributed by atoms with van der Waals surface area (Å²) >= 11 is 1.28. The molecule has 0 bridgehead atoms. The Morgan fingerprint density at radius 3 is 2.62 bits per heavy atom. The van der Waals surface area contributed by atoms with Gasteiger partial charge in [-0.25, -0.2) is 4.98 Å². The molecule has 8 nitrogen and oxygen atoms in total. The quantitative estimate of drug-likeness (QED) is 0.507. The molecule has 0 aromatic carbocycles. The largest absolute Gasteiger partial charge is 0.355 e. The number of nitrogens with zero attached hydrogens (tertiary/aromatic N) is 3. The molecule has 2 N–H and O–H groups in total. The summed E-state index contributed by atoms with van der Waals surface area (Å²) in [4.78, 5) is 48.2. The molecule has 3 amide bonds. The summed E-state index contributed by atoms with van der Waals surface area (Å²) < 4.78 is 0. The minimum Gasteiger partial charge on any atom is -0.355 e. The lowest BCUT2D eigenvalue weighted by Crippen LogP contribution is -2.43. The van der Waals surface area contributed by atoms with Crippen molar-refractivity contribution >= 4 is 34.2 Å². The third kappa shape index (κ3) is 8.52. The number of hydrogen-bond acceptors (Lipinski definition) is 6. The van der Waals surface area contributed by atoms with Crippen LogP contribution in [0.4, 0.5) is 5.13 Å². The van der Waals surface area contributed by atoms with Crippen molar-refractivity contribution in [2.24, 2.45) is 11.8 Å². The molecule has 0 radical (unpaired) electrons. The number of amides is 3. The van der Waals surface area contributed by atoms with E-state index in [4.69, 9.17) is 0 Å². The maximum atomic E-state index is 13.0. The van der Waals surface area contributed by atoms with E-state index in [9.17, 15) is 14.4 Å². The van der Waals surface area contributed by atoms with Gasteiger partial charge < -0.3 is 15.5 Å². The van der Waals surface area contributed by atoms with Crippen LogP contribution in [0.15, 0.2) is 29.8 Å². The zero-order valence-corrected chi connectivity index (χ0v) is 20.9. The molecule has 9 heteroatoms. The first kappa shape index (κ1) is 25.8. The first-order valence-corrected chi connectivity index (χ1v) is 13.0. The van der Waals surface area contributed by atoms with Crippen LogP contribution in [-0.2, 0) is 27.2 Å². The van der Waals surface area contributed by atoms with Crippen molar-refractivity contribution in [1.29, 1.82) is 0 Å². The highest BCUT2D eigenvalue weighted by Crippen LogP contribution is 2.26. The molecule has 34 heavy (non-hydrogen) atoms. The number of nitrogens with one attached hydrogen (secondary N) is 2. The molecule has 0 atom stereocenters. The average molecular weight is 486 g/mol. The monoisotopic (exact) mass is 485 g/mol. The lowest BCUT2D eigenvalue weighted by molar-refractivity contribution is -0.139. The molecule has 0 unspecified atom stereocenters. The summed E-state index contributed by atoms with van der Waals surface area (Å²) in [6.07, 6.45) is 7.71. The normalized spacial score (nSPS) is 14.1. The molecule has 2 aromatic heterocycles. The molecule has 0 aliphatic heterocycles. The van der Waals surface area contributed by atoms with Crippen molar-refractivity contribution in [2.75, 3.05) is 25.0 Å². The predicted octanol–water partition coefficient (Wildman–Crippen LogP) is 3.44. The smallest absolute Gasteiger partial charge is 0.245 e. The second kappa shape index (κ2) is 13.2. The second-order valence-electron chi connectivity index (χ2n) is 9.24. The van der Waals surface area contributed by atoms with Crippen LogP contribution in [0.25, 0.3) is 0 Å². The van der Waals surface area contributed by atoms with Gasteiger partial charge in [0.1, 0.15) is 0 Å². The molecule has 0 spiro atoms. The molecule has 1 fully saturated rings. The van der Waals surface area contributed by atoms with Crippen molar-refractivity contribution in [2.45, 2.75) is 58.8 Å². The van der Waals surface area contributed by atoms with Gasteiger partial charge in [-0.1, -0.05) is 39.2 Å². The fourth-order valence-electron chi connectivity index (χ4n) is 4.16. The SMILES string of the molecule is CC(C)CN(CC(=O)Nc1nc(CC(=O)NCCc2ccccn2)cs1)C(=O)C1CCCCC1. The number of rotatable bonds is 11. The molecular formula is C25H35N5O3S. The summed E-state index contributed by atoms with van der Waals surface area (Å²) in [5.41, 5.74) is 1.53. The van der Waals surface area contributed by atoms with Gasteiger partial charge in [0, 0.05) is 42.7 Å². The minimum absolute atomic E-state index is 0.0242. The Morgan fingerprint density at radius 1 is 1.12 bits per heavy atom. The molecule has 1 aliphatic carbocycles. The topological polar surface area (TPSA) is 104 Å². The van der Waals surface area contributed by atoms with E-state index in [0.717, 1.165) is 31.4 Å². The van der Waals surface area contributed by atoms with E-state index in [1.807, 2.05) is 32.0 Å². The number of pyridine rings is 1. The van der Waals surface area contributed by atoms with Crippen molar-refractivity contribution in [3.63, 3.8) is 0 Å². The van der Waals surface area contributed by atoms with E-state index in [2.05, 4.69) is 20.6 Å². The first-order chi connectivity index (χ1) is 16.4. The van der Waals surface area contributed by atoms with Gasteiger partial charge in [0.25, 0.3) is 0 Å². The number of aromatic nitrogens is 2. The van der Waals surface area contributed by atoms with Crippen LogP contribution in [0.3, 0.4) is 0 Å².